The van der Waals surface area contributed by atoms with Crippen LogP contribution in [0, 0.1) is 0 Å². The van der Waals surface area contributed by atoms with Gasteiger partial charge >= 0.3 is 0 Å². The molecule has 2 aliphatic rings. The molecule has 2 aliphatic carbocycles. The van der Waals surface area contributed by atoms with Gasteiger partial charge in [-0.15, -0.1) is 0 Å². The first-order valence-electron chi connectivity index (χ1n) is 6.92. The first kappa shape index (κ1) is 13.0. The summed E-state index contributed by atoms with van der Waals surface area (Å²) in [6.07, 6.45) is 3.69. The minimum absolute atomic E-state index is 0.0131. The molecular weight excluding hydrogens is 256 g/mol. The van der Waals surface area contributed by atoms with Crippen molar-refractivity contribution >= 4 is 11.6 Å². The van der Waals surface area contributed by atoms with Gasteiger partial charge in [0.1, 0.15) is 5.75 Å². The highest BCUT2D eigenvalue weighted by Crippen LogP contribution is 2.31. The van der Waals surface area contributed by atoms with Crippen molar-refractivity contribution in [1.82, 2.24) is 4.90 Å². The maximum atomic E-state index is 12.0. The Kier molecular flexibility index (Phi) is 3.34. The Balaban J connectivity index is 1.69. The summed E-state index contributed by atoms with van der Waals surface area (Å²) in [6, 6.07) is 6.05. The Morgan fingerprint density at radius 2 is 2.25 bits per heavy atom. The summed E-state index contributed by atoms with van der Waals surface area (Å²) in [5, 5.41) is 12.3. The molecule has 0 spiro atoms. The van der Waals surface area contributed by atoms with Crippen LogP contribution in [0.2, 0.25) is 0 Å². The molecule has 0 bridgehead atoms. The van der Waals surface area contributed by atoms with Crippen molar-refractivity contribution < 1.29 is 14.7 Å². The highest BCUT2D eigenvalue weighted by Gasteiger charge is 2.30. The number of rotatable bonds is 4. The van der Waals surface area contributed by atoms with Crippen molar-refractivity contribution in [2.45, 2.75) is 31.7 Å². The predicted molar refractivity (Wildman–Crippen MR) is 74.4 cm³/mol. The van der Waals surface area contributed by atoms with Crippen molar-refractivity contribution in [3.8, 4) is 5.75 Å². The Morgan fingerprint density at radius 3 is 2.95 bits per heavy atom. The summed E-state index contributed by atoms with van der Waals surface area (Å²) in [6.45, 7) is 0.0645. The number of hydrogen-bond acceptors (Lipinski definition) is 4. The first-order chi connectivity index (χ1) is 9.70. The molecule has 1 aromatic carbocycles. The number of carbonyl (C=O) groups is 1. The largest absolute Gasteiger partial charge is 0.483 e. The van der Waals surface area contributed by atoms with Gasteiger partial charge in [-0.25, -0.2) is 0 Å². The third-order valence-corrected chi connectivity index (χ3v) is 4.02. The fourth-order valence-corrected chi connectivity index (χ4v) is 2.62. The average molecular weight is 274 g/mol. The van der Waals surface area contributed by atoms with Crippen molar-refractivity contribution in [2.75, 3.05) is 13.7 Å². The predicted octanol–water partition coefficient (Wildman–Crippen LogP) is 1.81. The normalized spacial score (nSPS) is 18.9. The first-order valence-corrected chi connectivity index (χ1v) is 6.92. The maximum absolute atomic E-state index is 12.0. The lowest BCUT2D eigenvalue weighted by Gasteiger charge is -2.17. The lowest BCUT2D eigenvalue weighted by atomic mass is 10.1. The van der Waals surface area contributed by atoms with Crippen LogP contribution in [0.25, 0.3) is 0 Å². The SMILES string of the molecule is CN(C(=O)COc1cccc2c1CCC2=NO)C1CC1. The second-order valence-corrected chi connectivity index (χ2v) is 5.35. The molecule has 20 heavy (non-hydrogen) atoms. The Morgan fingerprint density at radius 1 is 1.45 bits per heavy atom. The van der Waals surface area contributed by atoms with Gasteiger partial charge in [0.25, 0.3) is 5.91 Å². The summed E-state index contributed by atoms with van der Waals surface area (Å²) < 4.78 is 5.67. The van der Waals surface area contributed by atoms with Crippen LogP contribution in [0.4, 0.5) is 0 Å². The van der Waals surface area contributed by atoms with Crippen molar-refractivity contribution in [3.63, 3.8) is 0 Å². The lowest BCUT2D eigenvalue weighted by molar-refractivity contribution is -0.132. The molecule has 0 atom stereocenters. The highest BCUT2D eigenvalue weighted by molar-refractivity contribution is 6.04. The fraction of sp³-hybridized carbons (Fsp3) is 0.467. The number of oxime groups is 1. The van der Waals surface area contributed by atoms with E-state index in [-0.39, 0.29) is 12.5 Å². The summed E-state index contributed by atoms with van der Waals surface area (Å²) in [7, 11) is 1.83. The smallest absolute Gasteiger partial charge is 0.260 e. The van der Waals surface area contributed by atoms with Crippen LogP contribution in [0.15, 0.2) is 23.4 Å². The van der Waals surface area contributed by atoms with Gasteiger partial charge in [-0.1, -0.05) is 17.3 Å². The molecule has 1 N–H and O–H groups in total. The van der Waals surface area contributed by atoms with Gasteiger partial charge in [-0.05, 0) is 31.7 Å². The van der Waals surface area contributed by atoms with E-state index in [0.717, 1.165) is 36.1 Å². The van der Waals surface area contributed by atoms with Crippen molar-refractivity contribution in [3.05, 3.63) is 29.3 Å². The van der Waals surface area contributed by atoms with Gasteiger partial charge in [0.2, 0.25) is 0 Å². The number of ether oxygens (including phenoxy) is 1. The molecule has 0 aliphatic heterocycles. The molecule has 1 saturated carbocycles. The van der Waals surface area contributed by atoms with Gasteiger partial charge in [-0.2, -0.15) is 0 Å². The summed E-state index contributed by atoms with van der Waals surface area (Å²) in [5.41, 5.74) is 2.64. The van der Waals surface area contributed by atoms with Crippen LogP contribution in [-0.4, -0.2) is 41.4 Å². The molecule has 0 saturated heterocycles. The van der Waals surface area contributed by atoms with E-state index in [1.54, 1.807) is 4.90 Å². The molecule has 106 valence electrons. The van der Waals surface area contributed by atoms with E-state index in [9.17, 15) is 4.79 Å². The zero-order valence-corrected chi connectivity index (χ0v) is 11.5. The Labute approximate surface area is 117 Å². The second kappa shape index (κ2) is 5.15. The monoisotopic (exact) mass is 274 g/mol. The van der Waals surface area contributed by atoms with E-state index < -0.39 is 0 Å². The number of hydrogen-bond donors (Lipinski definition) is 1. The van der Waals surface area contributed by atoms with Crippen LogP contribution >= 0.6 is 0 Å². The molecule has 0 aromatic heterocycles. The second-order valence-electron chi connectivity index (χ2n) is 5.35. The van der Waals surface area contributed by atoms with Crippen LogP contribution in [0.3, 0.4) is 0 Å². The van der Waals surface area contributed by atoms with Crippen molar-refractivity contribution in [1.29, 1.82) is 0 Å². The minimum atomic E-state index is 0.0131. The van der Waals surface area contributed by atoms with E-state index in [0.29, 0.717) is 18.2 Å². The molecule has 0 radical (unpaired) electrons. The number of fused-ring (bicyclic) bond motifs is 1. The zero-order chi connectivity index (χ0) is 14.1. The standard InChI is InChI=1S/C15H18N2O3/c1-17(10-5-6-10)15(18)9-20-14-4-2-3-11-12(14)7-8-13(11)16-19/h2-4,10,19H,5-9H2,1H3. The summed E-state index contributed by atoms with van der Waals surface area (Å²) >= 11 is 0. The van der Waals surface area contributed by atoms with E-state index in [2.05, 4.69) is 5.16 Å². The summed E-state index contributed by atoms with van der Waals surface area (Å²) in [4.78, 5) is 13.7. The van der Waals surface area contributed by atoms with E-state index in [1.807, 2.05) is 25.2 Å². The quantitative estimate of drug-likeness (QED) is 0.673. The maximum Gasteiger partial charge on any atom is 0.260 e. The minimum Gasteiger partial charge on any atom is -0.483 e. The lowest BCUT2D eigenvalue weighted by Crippen LogP contribution is -2.33. The number of benzene rings is 1. The average Bonchev–Trinajstić information content (AvgIpc) is 3.23. The van der Waals surface area contributed by atoms with E-state index in [4.69, 9.17) is 9.94 Å². The Bertz CT molecular complexity index is 564. The molecule has 5 nitrogen and oxygen atoms in total. The van der Waals surface area contributed by atoms with Gasteiger partial charge in [0.15, 0.2) is 6.61 Å². The molecule has 5 heteroatoms. The Hall–Kier alpha value is -2.04. The van der Waals surface area contributed by atoms with Gasteiger partial charge in [0, 0.05) is 24.2 Å². The molecule has 0 heterocycles. The molecule has 0 unspecified atom stereocenters. The van der Waals surface area contributed by atoms with Gasteiger partial charge < -0.3 is 14.8 Å². The van der Waals surface area contributed by atoms with E-state index in [1.165, 1.54) is 0 Å². The molecule has 1 fully saturated rings. The van der Waals surface area contributed by atoms with Crippen molar-refractivity contribution in [2.24, 2.45) is 5.16 Å². The van der Waals surface area contributed by atoms with Gasteiger partial charge in [0.05, 0.1) is 5.71 Å². The third kappa shape index (κ3) is 2.35. The molecule has 3 rings (SSSR count). The topological polar surface area (TPSA) is 62.1 Å². The van der Waals surface area contributed by atoms with Crippen LogP contribution in [0.1, 0.15) is 30.4 Å². The molecule has 1 amide bonds. The van der Waals surface area contributed by atoms with Gasteiger partial charge in [-0.3, -0.25) is 4.79 Å². The zero-order valence-electron chi connectivity index (χ0n) is 11.5. The van der Waals surface area contributed by atoms with Crippen LogP contribution in [0.5, 0.6) is 5.75 Å². The number of amides is 1. The third-order valence-electron chi connectivity index (χ3n) is 4.02. The number of nitrogens with zero attached hydrogens (tertiary/aromatic N) is 2. The molecule has 1 aromatic rings. The summed E-state index contributed by atoms with van der Waals surface area (Å²) in [5.74, 6) is 0.734. The van der Waals surface area contributed by atoms with Crippen LogP contribution < -0.4 is 4.74 Å². The van der Waals surface area contributed by atoms with Crippen LogP contribution in [-0.2, 0) is 11.2 Å². The number of likely N-dealkylation sites (N-methyl/N-ethyl adjacent to an activating group) is 1. The number of carbonyl (C=O) groups excluding carboxylic acids is 1. The van der Waals surface area contributed by atoms with E-state index >= 15 is 0 Å². The fourth-order valence-electron chi connectivity index (χ4n) is 2.62. The highest BCUT2D eigenvalue weighted by atomic mass is 16.5. The molecular formula is C15H18N2O3.